The Hall–Kier alpha value is -3.15. The lowest BCUT2D eigenvalue weighted by molar-refractivity contribution is 0.102. The maximum Gasteiger partial charge on any atom is 0.286 e. The van der Waals surface area contributed by atoms with Gasteiger partial charge in [0.1, 0.15) is 11.5 Å². The molecule has 5 heterocycles. The molecule has 0 aromatic carbocycles. The molecular weight excluding hydrogens is 426 g/mol. The van der Waals surface area contributed by atoms with Gasteiger partial charge in [-0.05, 0) is 18.2 Å². The van der Waals surface area contributed by atoms with E-state index >= 15 is 0 Å². The monoisotopic (exact) mass is 451 g/mol. The van der Waals surface area contributed by atoms with Gasteiger partial charge >= 0.3 is 0 Å². The van der Waals surface area contributed by atoms with E-state index in [9.17, 15) is 4.79 Å². The molecule has 5 rings (SSSR count). The van der Waals surface area contributed by atoms with Gasteiger partial charge in [0.2, 0.25) is 5.01 Å². The second-order valence-electron chi connectivity index (χ2n) is 7.61. The number of hydrogen-bond acceptors (Lipinski definition) is 10. The van der Waals surface area contributed by atoms with Gasteiger partial charge in [-0.15, -0.1) is 10.2 Å². The number of piperazine rings is 2. The minimum absolute atomic E-state index is 0.295. The largest absolute Gasteiger partial charge is 0.367 e. The number of amides is 1. The van der Waals surface area contributed by atoms with Crippen molar-refractivity contribution in [3.8, 4) is 10.7 Å². The van der Waals surface area contributed by atoms with Crippen LogP contribution in [0.4, 0.5) is 17.2 Å². The maximum absolute atomic E-state index is 12.9. The molecule has 0 saturated carbocycles. The first kappa shape index (κ1) is 20.7. The third kappa shape index (κ3) is 4.54. The molecule has 0 unspecified atom stereocenters. The molecule has 10 nitrogen and oxygen atoms in total. The highest BCUT2D eigenvalue weighted by Crippen LogP contribution is 2.28. The number of nitrogens with one attached hydrogen (secondary N) is 3. The van der Waals surface area contributed by atoms with Crippen molar-refractivity contribution in [3.05, 3.63) is 41.7 Å². The fourth-order valence-corrected chi connectivity index (χ4v) is 4.58. The lowest BCUT2D eigenvalue weighted by Gasteiger charge is -2.30. The molecule has 0 bridgehead atoms. The van der Waals surface area contributed by atoms with Crippen LogP contribution in [0.5, 0.6) is 0 Å². The van der Waals surface area contributed by atoms with Gasteiger partial charge < -0.3 is 25.8 Å². The Morgan fingerprint density at radius 1 is 0.969 bits per heavy atom. The summed E-state index contributed by atoms with van der Waals surface area (Å²) in [5.41, 5.74) is 2.36. The summed E-state index contributed by atoms with van der Waals surface area (Å²) >= 11 is 1.24. The molecule has 0 radical (unpaired) electrons. The van der Waals surface area contributed by atoms with Crippen LogP contribution in [0.3, 0.4) is 0 Å². The normalized spacial score (nSPS) is 16.8. The quantitative estimate of drug-likeness (QED) is 0.524. The van der Waals surface area contributed by atoms with Gasteiger partial charge in [0, 0.05) is 58.6 Å². The van der Waals surface area contributed by atoms with E-state index in [2.05, 4.69) is 40.9 Å². The van der Waals surface area contributed by atoms with Gasteiger partial charge in [-0.1, -0.05) is 17.4 Å². The Labute approximate surface area is 190 Å². The molecule has 32 heavy (non-hydrogen) atoms. The summed E-state index contributed by atoms with van der Waals surface area (Å²) in [4.78, 5) is 26.3. The van der Waals surface area contributed by atoms with E-state index in [0.29, 0.717) is 15.7 Å². The number of carbonyl (C=O) groups is 1. The molecule has 3 aromatic rings. The van der Waals surface area contributed by atoms with Gasteiger partial charge in [0.05, 0.1) is 17.6 Å². The molecule has 1 amide bonds. The highest BCUT2D eigenvalue weighted by molar-refractivity contribution is 7.16. The first-order valence-corrected chi connectivity index (χ1v) is 11.6. The summed E-state index contributed by atoms with van der Waals surface area (Å²) in [5, 5.41) is 18.9. The zero-order chi connectivity index (χ0) is 21.8. The molecule has 2 fully saturated rings. The minimum Gasteiger partial charge on any atom is -0.367 e. The second-order valence-corrected chi connectivity index (χ2v) is 8.59. The highest BCUT2D eigenvalue weighted by atomic mass is 32.1. The first-order valence-electron chi connectivity index (χ1n) is 10.8. The van der Waals surface area contributed by atoms with Crippen molar-refractivity contribution < 1.29 is 4.79 Å². The van der Waals surface area contributed by atoms with E-state index < -0.39 is 0 Å². The van der Waals surface area contributed by atoms with Crippen molar-refractivity contribution in [2.75, 3.05) is 67.5 Å². The molecule has 2 aliphatic heterocycles. The van der Waals surface area contributed by atoms with Crippen LogP contribution in [0.25, 0.3) is 10.7 Å². The summed E-state index contributed by atoms with van der Waals surface area (Å²) < 4.78 is 0. The fourth-order valence-electron chi connectivity index (χ4n) is 3.87. The van der Waals surface area contributed by atoms with Crippen LogP contribution in [0, 0.1) is 0 Å². The standard InChI is InChI=1S/C21H25N9OS/c31-19(26-16-14-24-5-4-17(16)29-10-6-22-7-11-29)21-28-27-20(32-21)15-2-1-3-18(25-15)30-12-8-23-9-13-30/h1-5,14,22-23H,6-13H2,(H,26,31). The first-order chi connectivity index (χ1) is 15.8. The number of hydrogen-bond donors (Lipinski definition) is 3. The third-order valence-corrected chi connectivity index (χ3v) is 6.46. The van der Waals surface area contributed by atoms with Crippen molar-refractivity contribution in [2.45, 2.75) is 0 Å². The molecular formula is C21H25N9OS. The van der Waals surface area contributed by atoms with E-state index in [1.165, 1.54) is 11.3 Å². The fraction of sp³-hybridized carbons (Fsp3) is 0.381. The van der Waals surface area contributed by atoms with Crippen molar-refractivity contribution in [1.29, 1.82) is 0 Å². The molecule has 3 N–H and O–H groups in total. The summed E-state index contributed by atoms with van der Waals surface area (Å²) in [5.74, 6) is 0.623. The molecule has 0 spiro atoms. The van der Waals surface area contributed by atoms with Gasteiger partial charge in [0.15, 0.2) is 5.01 Å². The van der Waals surface area contributed by atoms with E-state index in [-0.39, 0.29) is 5.91 Å². The lowest BCUT2D eigenvalue weighted by atomic mass is 10.2. The van der Waals surface area contributed by atoms with Crippen LogP contribution < -0.4 is 25.8 Å². The predicted molar refractivity (Wildman–Crippen MR) is 125 cm³/mol. The number of pyridine rings is 2. The number of rotatable bonds is 5. The number of carbonyl (C=O) groups excluding carboxylic acids is 1. The van der Waals surface area contributed by atoms with Gasteiger partial charge in [-0.2, -0.15) is 0 Å². The molecule has 0 aliphatic carbocycles. The van der Waals surface area contributed by atoms with Crippen LogP contribution in [-0.2, 0) is 0 Å². The third-order valence-electron chi connectivity index (χ3n) is 5.52. The molecule has 2 aliphatic rings. The number of aromatic nitrogens is 4. The lowest BCUT2D eigenvalue weighted by Crippen LogP contribution is -2.43. The number of nitrogens with zero attached hydrogens (tertiary/aromatic N) is 6. The Morgan fingerprint density at radius 2 is 1.72 bits per heavy atom. The summed E-state index contributed by atoms with van der Waals surface area (Å²) in [6, 6.07) is 7.80. The van der Waals surface area contributed by atoms with Gasteiger partial charge in [0.25, 0.3) is 5.91 Å². The van der Waals surface area contributed by atoms with E-state index in [1.54, 1.807) is 12.4 Å². The minimum atomic E-state index is -0.295. The Morgan fingerprint density at radius 3 is 2.50 bits per heavy atom. The van der Waals surface area contributed by atoms with Crippen LogP contribution in [0.2, 0.25) is 0 Å². The van der Waals surface area contributed by atoms with Gasteiger partial charge in [-0.25, -0.2) is 4.98 Å². The summed E-state index contributed by atoms with van der Waals surface area (Å²) in [6.07, 6.45) is 3.42. The van der Waals surface area contributed by atoms with Crippen LogP contribution in [0.1, 0.15) is 9.80 Å². The van der Waals surface area contributed by atoms with Crippen LogP contribution >= 0.6 is 11.3 Å². The Bertz CT molecular complexity index is 1080. The van der Waals surface area contributed by atoms with Crippen LogP contribution in [0.15, 0.2) is 36.7 Å². The average Bonchev–Trinajstić information content (AvgIpc) is 3.36. The Kier molecular flexibility index (Phi) is 6.19. The predicted octanol–water partition coefficient (Wildman–Crippen LogP) is 1.07. The smallest absolute Gasteiger partial charge is 0.286 e. The Balaban J connectivity index is 1.32. The van der Waals surface area contributed by atoms with E-state index in [0.717, 1.165) is 69.6 Å². The topological polar surface area (TPSA) is 111 Å². The summed E-state index contributed by atoms with van der Waals surface area (Å²) in [7, 11) is 0. The average molecular weight is 452 g/mol. The van der Waals surface area contributed by atoms with Crippen molar-refractivity contribution in [3.63, 3.8) is 0 Å². The van der Waals surface area contributed by atoms with Crippen molar-refractivity contribution in [1.82, 2.24) is 30.8 Å². The molecule has 2 saturated heterocycles. The highest BCUT2D eigenvalue weighted by Gasteiger charge is 2.20. The molecule has 11 heteroatoms. The van der Waals surface area contributed by atoms with Crippen LogP contribution in [-0.4, -0.2) is 78.4 Å². The van der Waals surface area contributed by atoms with Crippen molar-refractivity contribution >= 4 is 34.4 Å². The van der Waals surface area contributed by atoms with E-state index in [1.807, 2.05) is 24.3 Å². The molecule has 3 aromatic heterocycles. The maximum atomic E-state index is 12.9. The summed E-state index contributed by atoms with van der Waals surface area (Å²) in [6.45, 7) is 7.31. The number of anilines is 3. The molecule has 0 atom stereocenters. The van der Waals surface area contributed by atoms with Crippen molar-refractivity contribution in [2.24, 2.45) is 0 Å². The van der Waals surface area contributed by atoms with Gasteiger partial charge in [-0.3, -0.25) is 9.78 Å². The zero-order valence-electron chi connectivity index (χ0n) is 17.6. The van der Waals surface area contributed by atoms with E-state index in [4.69, 9.17) is 4.98 Å². The second kappa shape index (κ2) is 9.55. The molecule has 166 valence electrons. The SMILES string of the molecule is O=C(Nc1cnccc1N1CCNCC1)c1nnc(-c2cccc(N3CCNCC3)n2)s1. The zero-order valence-corrected chi connectivity index (χ0v) is 18.4.